The Balaban J connectivity index is 1.76. The number of hydrogen-bond donors (Lipinski definition) is 2. The second-order valence-electron chi connectivity index (χ2n) is 6.63. The monoisotopic (exact) mass is 398 g/mol. The van der Waals surface area contributed by atoms with E-state index in [1.165, 1.54) is 19.1 Å². The molecule has 1 saturated heterocycles. The Morgan fingerprint density at radius 3 is 2.48 bits per heavy atom. The molecule has 2 aromatic rings. The zero-order valence-electron chi connectivity index (χ0n) is 16.1. The average molecular weight is 398 g/mol. The first-order chi connectivity index (χ1) is 13.9. The Morgan fingerprint density at radius 2 is 1.86 bits per heavy atom. The van der Waals surface area contributed by atoms with Crippen molar-refractivity contribution >= 4 is 23.5 Å². The van der Waals surface area contributed by atoms with Gasteiger partial charge < -0.3 is 24.8 Å². The van der Waals surface area contributed by atoms with Crippen molar-refractivity contribution in [2.75, 3.05) is 25.7 Å². The molecule has 0 aliphatic carbocycles. The lowest BCUT2D eigenvalue weighted by atomic mass is 10.0. The summed E-state index contributed by atoms with van der Waals surface area (Å²) in [6.45, 7) is 0.133. The fourth-order valence-electron chi connectivity index (χ4n) is 3.32. The third-order valence-corrected chi connectivity index (χ3v) is 4.84. The lowest BCUT2D eigenvalue weighted by molar-refractivity contribution is -0.142. The van der Waals surface area contributed by atoms with E-state index in [2.05, 4.69) is 5.32 Å². The van der Waals surface area contributed by atoms with Gasteiger partial charge >= 0.3 is 5.97 Å². The summed E-state index contributed by atoms with van der Waals surface area (Å²) in [6, 6.07) is 12.3. The Bertz CT molecular complexity index is 915. The van der Waals surface area contributed by atoms with E-state index in [9.17, 15) is 19.5 Å². The first-order valence-electron chi connectivity index (χ1n) is 9.05. The quantitative estimate of drug-likeness (QED) is 0.739. The van der Waals surface area contributed by atoms with E-state index < -0.39 is 23.8 Å². The van der Waals surface area contributed by atoms with Crippen LogP contribution in [0.1, 0.15) is 18.0 Å². The molecule has 0 bridgehead atoms. The maximum atomic E-state index is 12.7. The van der Waals surface area contributed by atoms with E-state index in [4.69, 9.17) is 9.47 Å². The van der Waals surface area contributed by atoms with Gasteiger partial charge in [0, 0.05) is 19.0 Å². The van der Waals surface area contributed by atoms with E-state index in [1.54, 1.807) is 48.5 Å². The molecule has 1 aliphatic rings. The number of nitrogens with one attached hydrogen (secondary N) is 1. The predicted molar refractivity (Wildman–Crippen MR) is 105 cm³/mol. The maximum absolute atomic E-state index is 12.7. The van der Waals surface area contributed by atoms with Crippen LogP contribution in [0.3, 0.4) is 0 Å². The number of benzene rings is 2. The van der Waals surface area contributed by atoms with Crippen molar-refractivity contribution in [3.05, 3.63) is 54.1 Å². The minimum Gasteiger partial charge on any atom is -0.497 e. The van der Waals surface area contributed by atoms with Crippen molar-refractivity contribution < 1.29 is 29.0 Å². The van der Waals surface area contributed by atoms with E-state index in [0.29, 0.717) is 22.7 Å². The number of carboxylic acid groups (broad SMARTS) is 1. The standard InChI is InChI=1S/C21H22N2O6/c1-28-15-8-9-16(17(11-15)29-2)23-12-14(10-18(23)24)20(25)22-19(21(26)27)13-6-4-3-5-7-13/h3-9,11,14,19H,10,12H2,1-2H3,(H,22,25)(H,26,27). The van der Waals surface area contributed by atoms with E-state index >= 15 is 0 Å². The molecule has 1 fully saturated rings. The second kappa shape index (κ2) is 8.64. The lowest BCUT2D eigenvalue weighted by Gasteiger charge is -2.21. The highest BCUT2D eigenvalue weighted by Crippen LogP contribution is 2.36. The molecule has 8 heteroatoms. The molecule has 0 radical (unpaired) electrons. The number of aliphatic carboxylic acids is 1. The third-order valence-electron chi connectivity index (χ3n) is 4.84. The number of amides is 2. The summed E-state index contributed by atoms with van der Waals surface area (Å²) < 4.78 is 10.5. The van der Waals surface area contributed by atoms with Gasteiger partial charge in [-0.15, -0.1) is 0 Å². The molecule has 1 aliphatic heterocycles. The van der Waals surface area contributed by atoms with Gasteiger partial charge in [-0.05, 0) is 17.7 Å². The number of carboxylic acids is 1. The van der Waals surface area contributed by atoms with Gasteiger partial charge in [0.05, 0.1) is 25.8 Å². The fourth-order valence-corrected chi connectivity index (χ4v) is 3.32. The molecule has 0 spiro atoms. The van der Waals surface area contributed by atoms with Crippen LogP contribution >= 0.6 is 0 Å². The van der Waals surface area contributed by atoms with Crippen molar-refractivity contribution in [1.82, 2.24) is 5.32 Å². The van der Waals surface area contributed by atoms with Crippen LogP contribution < -0.4 is 19.7 Å². The number of ether oxygens (including phenoxy) is 2. The average Bonchev–Trinajstić information content (AvgIpc) is 3.13. The van der Waals surface area contributed by atoms with Crippen LogP contribution in [0.25, 0.3) is 0 Å². The largest absolute Gasteiger partial charge is 0.497 e. The fraction of sp³-hybridized carbons (Fsp3) is 0.286. The van der Waals surface area contributed by atoms with E-state index in [-0.39, 0.29) is 18.9 Å². The van der Waals surface area contributed by atoms with Crippen molar-refractivity contribution in [2.24, 2.45) is 5.92 Å². The SMILES string of the molecule is COc1ccc(N2CC(C(=O)NC(C(=O)O)c3ccccc3)CC2=O)c(OC)c1. The van der Waals surface area contributed by atoms with E-state index in [0.717, 1.165) is 0 Å². The number of hydrogen-bond acceptors (Lipinski definition) is 5. The van der Waals surface area contributed by atoms with Crippen molar-refractivity contribution in [1.29, 1.82) is 0 Å². The number of rotatable bonds is 7. The van der Waals surface area contributed by atoms with E-state index in [1.807, 2.05) is 0 Å². The Labute approximate surface area is 168 Å². The number of anilines is 1. The predicted octanol–water partition coefficient (Wildman–Crippen LogP) is 2.00. The molecule has 0 saturated carbocycles. The molecular formula is C21H22N2O6. The van der Waals surface area contributed by atoms with Gasteiger partial charge in [0.15, 0.2) is 6.04 Å². The van der Waals surface area contributed by atoms with Crippen molar-refractivity contribution in [3.8, 4) is 11.5 Å². The number of carbonyl (C=O) groups is 3. The van der Waals surface area contributed by atoms with Crippen LogP contribution in [0.5, 0.6) is 11.5 Å². The Kier molecular flexibility index (Phi) is 6.01. The topological polar surface area (TPSA) is 105 Å². The van der Waals surface area contributed by atoms with Crippen LogP contribution in [-0.2, 0) is 14.4 Å². The van der Waals surface area contributed by atoms with Gasteiger partial charge in [0.25, 0.3) is 0 Å². The molecule has 2 aromatic carbocycles. The number of carbonyl (C=O) groups excluding carboxylic acids is 2. The van der Waals surface area contributed by atoms with Crippen LogP contribution in [0, 0.1) is 5.92 Å². The lowest BCUT2D eigenvalue weighted by Crippen LogP contribution is -2.38. The molecule has 29 heavy (non-hydrogen) atoms. The summed E-state index contributed by atoms with van der Waals surface area (Å²) in [5, 5.41) is 12.0. The molecule has 2 unspecified atom stereocenters. The molecule has 2 atom stereocenters. The zero-order chi connectivity index (χ0) is 21.0. The third kappa shape index (κ3) is 4.31. The highest BCUT2D eigenvalue weighted by molar-refractivity contribution is 6.01. The minimum absolute atomic E-state index is 0.0118. The minimum atomic E-state index is -1.18. The van der Waals surface area contributed by atoms with Gasteiger partial charge in [0.1, 0.15) is 11.5 Å². The molecule has 3 rings (SSSR count). The summed E-state index contributed by atoms with van der Waals surface area (Å²) in [5.74, 6) is -1.52. The summed E-state index contributed by atoms with van der Waals surface area (Å²) in [6.07, 6.45) is -0.0118. The molecular weight excluding hydrogens is 376 g/mol. The smallest absolute Gasteiger partial charge is 0.330 e. The van der Waals surface area contributed by atoms with Gasteiger partial charge in [0.2, 0.25) is 11.8 Å². The van der Waals surface area contributed by atoms with Crippen LogP contribution in [0.4, 0.5) is 5.69 Å². The summed E-state index contributed by atoms with van der Waals surface area (Å²) in [5.41, 5.74) is 0.998. The second-order valence-corrected chi connectivity index (χ2v) is 6.63. The summed E-state index contributed by atoms with van der Waals surface area (Å²) in [4.78, 5) is 38.3. The Morgan fingerprint density at radius 1 is 1.14 bits per heavy atom. The first-order valence-corrected chi connectivity index (χ1v) is 9.05. The van der Waals surface area contributed by atoms with Gasteiger partial charge in [-0.2, -0.15) is 0 Å². The molecule has 0 aromatic heterocycles. The van der Waals surface area contributed by atoms with Crippen LogP contribution in [0.15, 0.2) is 48.5 Å². The van der Waals surface area contributed by atoms with Gasteiger partial charge in [-0.25, -0.2) is 4.79 Å². The number of nitrogens with zero attached hydrogens (tertiary/aromatic N) is 1. The summed E-state index contributed by atoms with van der Waals surface area (Å²) >= 11 is 0. The van der Waals surface area contributed by atoms with Crippen molar-refractivity contribution in [3.63, 3.8) is 0 Å². The molecule has 152 valence electrons. The Hall–Kier alpha value is -3.55. The molecule has 2 N–H and O–H groups in total. The zero-order valence-corrected chi connectivity index (χ0v) is 16.1. The highest BCUT2D eigenvalue weighted by atomic mass is 16.5. The molecule has 8 nitrogen and oxygen atoms in total. The maximum Gasteiger partial charge on any atom is 0.330 e. The van der Waals surface area contributed by atoms with Crippen LogP contribution in [-0.4, -0.2) is 43.7 Å². The molecule has 1 heterocycles. The van der Waals surface area contributed by atoms with Gasteiger partial charge in [-0.3, -0.25) is 9.59 Å². The van der Waals surface area contributed by atoms with Crippen molar-refractivity contribution in [2.45, 2.75) is 12.5 Å². The van der Waals surface area contributed by atoms with Crippen LogP contribution in [0.2, 0.25) is 0 Å². The molecule has 2 amide bonds. The number of methoxy groups -OCH3 is 2. The normalized spacial score (nSPS) is 17.0. The highest BCUT2D eigenvalue weighted by Gasteiger charge is 2.37. The van der Waals surface area contributed by atoms with Gasteiger partial charge in [-0.1, -0.05) is 30.3 Å². The first kappa shape index (κ1) is 20.2. The summed E-state index contributed by atoms with van der Waals surface area (Å²) in [7, 11) is 3.02.